The molecule has 3 nitrogen and oxygen atoms in total. The zero-order valence-electron chi connectivity index (χ0n) is 18.2. The lowest BCUT2D eigenvalue weighted by atomic mass is 9.82. The molecule has 2 atom stereocenters. The Balaban J connectivity index is 1.41. The lowest BCUT2D eigenvalue weighted by Crippen LogP contribution is -2.31. The van der Waals surface area contributed by atoms with Crippen molar-refractivity contribution in [3.8, 4) is 5.75 Å². The Hall–Kier alpha value is -1.46. The predicted molar refractivity (Wildman–Crippen MR) is 115 cm³/mol. The smallest absolute Gasteiger partial charge is 0.200 e. The van der Waals surface area contributed by atoms with E-state index in [-0.39, 0.29) is 17.8 Å². The Morgan fingerprint density at radius 2 is 1.90 bits per heavy atom. The fraction of sp³-hybridized carbons (Fsp3) is 0.680. The maximum atomic E-state index is 14.6. The molecular formula is C25H36F2O3. The monoisotopic (exact) mass is 422 g/mol. The predicted octanol–water partition coefficient (Wildman–Crippen LogP) is 6.56. The Labute approximate surface area is 179 Å². The van der Waals surface area contributed by atoms with Crippen LogP contribution in [0.15, 0.2) is 24.8 Å². The van der Waals surface area contributed by atoms with Crippen LogP contribution in [0.2, 0.25) is 0 Å². The highest BCUT2D eigenvalue weighted by Crippen LogP contribution is 2.37. The van der Waals surface area contributed by atoms with Crippen molar-refractivity contribution in [3.05, 3.63) is 42.0 Å². The zero-order chi connectivity index (χ0) is 21.3. The van der Waals surface area contributed by atoms with E-state index in [1.54, 1.807) is 12.1 Å². The third-order valence-electron chi connectivity index (χ3n) is 6.38. The molecule has 1 saturated carbocycles. The van der Waals surface area contributed by atoms with Gasteiger partial charge in [-0.2, -0.15) is 4.39 Å². The lowest BCUT2D eigenvalue weighted by Gasteiger charge is -2.32. The summed E-state index contributed by atoms with van der Waals surface area (Å²) in [5.41, 5.74) is 0.473. The summed E-state index contributed by atoms with van der Waals surface area (Å²) in [5, 5.41) is 0. The average molecular weight is 423 g/mol. The topological polar surface area (TPSA) is 27.7 Å². The van der Waals surface area contributed by atoms with Crippen LogP contribution in [0, 0.1) is 17.6 Å². The molecule has 0 N–H and O–H groups in total. The largest absolute Gasteiger partial charge is 0.490 e. The third-order valence-corrected chi connectivity index (χ3v) is 6.38. The van der Waals surface area contributed by atoms with Crippen LogP contribution in [0.4, 0.5) is 8.78 Å². The molecule has 2 unspecified atom stereocenters. The molecule has 3 rings (SSSR count). The second kappa shape index (κ2) is 11.8. The molecule has 1 aliphatic carbocycles. The minimum atomic E-state index is -0.858. The van der Waals surface area contributed by atoms with Crippen molar-refractivity contribution in [2.24, 2.45) is 5.92 Å². The Kier molecular flexibility index (Phi) is 9.13. The van der Waals surface area contributed by atoms with Gasteiger partial charge in [0.2, 0.25) is 5.82 Å². The second-order valence-corrected chi connectivity index (χ2v) is 8.70. The summed E-state index contributed by atoms with van der Waals surface area (Å²) in [4.78, 5) is 0. The molecule has 168 valence electrons. The fourth-order valence-electron chi connectivity index (χ4n) is 4.52. The minimum Gasteiger partial charge on any atom is -0.490 e. The Morgan fingerprint density at radius 3 is 2.57 bits per heavy atom. The van der Waals surface area contributed by atoms with Crippen LogP contribution >= 0.6 is 0 Å². The van der Waals surface area contributed by atoms with E-state index in [1.165, 1.54) is 0 Å². The van der Waals surface area contributed by atoms with Gasteiger partial charge in [0.05, 0.1) is 32.0 Å². The van der Waals surface area contributed by atoms with Gasteiger partial charge in [0.25, 0.3) is 0 Å². The first-order valence-electron chi connectivity index (χ1n) is 11.6. The van der Waals surface area contributed by atoms with Gasteiger partial charge in [-0.25, -0.2) is 4.39 Å². The van der Waals surface area contributed by atoms with E-state index in [0.29, 0.717) is 24.2 Å². The molecule has 1 aliphatic heterocycles. The zero-order valence-corrected chi connectivity index (χ0v) is 18.2. The van der Waals surface area contributed by atoms with Crippen molar-refractivity contribution in [2.75, 3.05) is 19.8 Å². The summed E-state index contributed by atoms with van der Waals surface area (Å²) in [6.07, 6.45) is 11.0. The minimum absolute atomic E-state index is 0.0107. The van der Waals surface area contributed by atoms with Crippen molar-refractivity contribution < 1.29 is 23.0 Å². The molecule has 1 heterocycles. The molecule has 0 aromatic heterocycles. The van der Waals surface area contributed by atoms with Crippen LogP contribution in [-0.2, 0) is 9.47 Å². The van der Waals surface area contributed by atoms with E-state index in [1.807, 2.05) is 13.0 Å². The maximum Gasteiger partial charge on any atom is 0.200 e. The van der Waals surface area contributed by atoms with Gasteiger partial charge in [-0.05, 0) is 75.3 Å². The highest BCUT2D eigenvalue weighted by molar-refractivity contribution is 5.33. The van der Waals surface area contributed by atoms with Crippen LogP contribution in [0.1, 0.15) is 76.2 Å². The second-order valence-electron chi connectivity index (χ2n) is 8.70. The normalized spacial score (nSPS) is 27.0. The van der Waals surface area contributed by atoms with Crippen molar-refractivity contribution >= 4 is 0 Å². The molecule has 1 aromatic rings. The molecule has 30 heavy (non-hydrogen) atoms. The van der Waals surface area contributed by atoms with Crippen LogP contribution in [0.5, 0.6) is 5.75 Å². The van der Waals surface area contributed by atoms with Gasteiger partial charge < -0.3 is 14.2 Å². The molecule has 2 aliphatic rings. The molecule has 2 fully saturated rings. The van der Waals surface area contributed by atoms with Crippen molar-refractivity contribution in [3.63, 3.8) is 0 Å². The highest BCUT2D eigenvalue weighted by atomic mass is 19.2. The van der Waals surface area contributed by atoms with Crippen LogP contribution < -0.4 is 4.74 Å². The number of hydrogen-bond donors (Lipinski definition) is 0. The number of benzene rings is 1. The molecule has 1 saturated heterocycles. The van der Waals surface area contributed by atoms with Gasteiger partial charge in [-0.1, -0.05) is 19.1 Å². The van der Waals surface area contributed by atoms with Gasteiger partial charge >= 0.3 is 0 Å². The number of allylic oxidation sites excluding steroid dienone is 1. The first-order chi connectivity index (χ1) is 14.6. The molecule has 0 radical (unpaired) electrons. The van der Waals surface area contributed by atoms with E-state index in [4.69, 9.17) is 14.2 Å². The number of hydrogen-bond acceptors (Lipinski definition) is 3. The third kappa shape index (κ3) is 6.27. The molecule has 0 spiro atoms. The number of halogens is 2. The molecule has 0 bridgehead atoms. The van der Waals surface area contributed by atoms with Crippen LogP contribution in [0.3, 0.4) is 0 Å². The highest BCUT2D eigenvalue weighted by Gasteiger charge is 2.28. The summed E-state index contributed by atoms with van der Waals surface area (Å²) >= 11 is 0. The number of rotatable bonds is 10. The molecule has 0 amide bonds. The maximum absolute atomic E-state index is 14.6. The summed E-state index contributed by atoms with van der Waals surface area (Å²) in [6.45, 7) is 7.60. The summed E-state index contributed by atoms with van der Waals surface area (Å²) in [7, 11) is 0. The van der Waals surface area contributed by atoms with Gasteiger partial charge in [0, 0.05) is 5.92 Å². The lowest BCUT2D eigenvalue weighted by molar-refractivity contribution is -0.0643. The first-order valence-corrected chi connectivity index (χ1v) is 11.6. The van der Waals surface area contributed by atoms with E-state index in [2.05, 4.69) is 6.58 Å². The van der Waals surface area contributed by atoms with Crippen molar-refractivity contribution in [1.29, 1.82) is 0 Å². The Morgan fingerprint density at radius 1 is 1.10 bits per heavy atom. The number of ether oxygens (including phenoxy) is 3. The average Bonchev–Trinajstić information content (AvgIpc) is 2.78. The quantitative estimate of drug-likeness (QED) is 0.400. The van der Waals surface area contributed by atoms with E-state index < -0.39 is 11.6 Å². The van der Waals surface area contributed by atoms with Gasteiger partial charge in [0.15, 0.2) is 11.6 Å². The Bertz CT molecular complexity index is 663. The van der Waals surface area contributed by atoms with Gasteiger partial charge in [-0.3, -0.25) is 0 Å². The van der Waals surface area contributed by atoms with Crippen molar-refractivity contribution in [2.45, 2.75) is 82.8 Å². The molecular weight excluding hydrogens is 386 g/mol. The van der Waals surface area contributed by atoms with E-state index in [9.17, 15) is 8.78 Å². The summed E-state index contributed by atoms with van der Waals surface area (Å²) in [5.74, 6) is -1.09. The van der Waals surface area contributed by atoms with Crippen LogP contribution in [0.25, 0.3) is 0 Å². The van der Waals surface area contributed by atoms with Crippen molar-refractivity contribution in [1.82, 2.24) is 0 Å². The molecule has 5 heteroatoms. The van der Waals surface area contributed by atoms with Gasteiger partial charge in [-0.15, -0.1) is 6.58 Å². The summed E-state index contributed by atoms with van der Waals surface area (Å²) in [6, 6.07) is 3.26. The first kappa shape index (κ1) is 23.2. The molecule has 1 aromatic carbocycles. The standard InChI is InChI=1S/C25H36F2O3/c1-3-5-6-20-10-7-18(16-29-20)17-30-21-11-8-19(9-12-21)22-13-14-23(28-15-4-2)25(27)24(22)26/h3,13-14,18-21H,1,4-12,15-17H2,2H3. The fourth-order valence-corrected chi connectivity index (χ4v) is 4.52. The van der Waals surface area contributed by atoms with E-state index in [0.717, 1.165) is 71.0 Å². The SMILES string of the molecule is C=CCCC1CCC(COC2CCC(c3ccc(OCCC)c(F)c3F)CC2)CO1. The van der Waals surface area contributed by atoms with Gasteiger partial charge in [0.1, 0.15) is 0 Å². The van der Waals surface area contributed by atoms with E-state index >= 15 is 0 Å². The van der Waals surface area contributed by atoms with Crippen LogP contribution in [-0.4, -0.2) is 32.0 Å². The summed E-state index contributed by atoms with van der Waals surface area (Å²) < 4.78 is 46.3.